The molecule has 4 heterocycles. The van der Waals surface area contributed by atoms with Crippen molar-refractivity contribution < 1.29 is 64.5 Å². The van der Waals surface area contributed by atoms with Crippen molar-refractivity contribution in [2.45, 2.75) is 113 Å². The van der Waals surface area contributed by atoms with E-state index in [1.54, 1.807) is 43.3 Å². The summed E-state index contributed by atoms with van der Waals surface area (Å²) in [6.45, 7) is 5.51. The molecule has 2 aromatic carbocycles. The number of sulfonamides is 1. The molecule has 0 bridgehead atoms. The fourth-order valence-electron chi connectivity index (χ4n) is 8.87. The molecule has 2 unspecified atom stereocenters. The number of carbonyl (C=O) groups is 4. The van der Waals surface area contributed by atoms with Gasteiger partial charge in [0.1, 0.15) is 42.7 Å². The zero-order valence-corrected chi connectivity index (χ0v) is 38.1. The molecule has 8 rings (SSSR count). The molecule has 3 fully saturated rings. The number of pyridine rings is 1. The van der Waals surface area contributed by atoms with Gasteiger partial charge in [0.05, 0.1) is 24.6 Å². The average molecular weight is 942 g/mol. The molecule has 2 saturated carbocycles. The number of alkyl carbamates (subject to hydrolysis) is 1. The average Bonchev–Trinajstić information content (AvgIpc) is 4.19. The SMILES string of the molecule is COc1ccc2c(OC3C[C@H]4C(=O)N[C@]5(C(=O)NS(=O)(=O)C6CC6)CC5/C=C\CC[C@@H](C)C[C@@H](C)[C@H](NC(=O)OC(C)(C)C(F)(F)F)C(=O)N4C3)nc(-c3ccc4c(c3)OCCO4)cc2c1. The molecule has 1 saturated heterocycles. The molecule has 2 aliphatic carbocycles. The van der Waals surface area contributed by atoms with E-state index in [2.05, 4.69) is 15.4 Å². The number of nitrogens with one attached hydrogen (secondary N) is 3. The first kappa shape index (κ1) is 46.7. The Bertz CT molecular complexity index is 2550. The molecule has 356 valence electrons. The predicted molar refractivity (Wildman–Crippen MR) is 233 cm³/mol. The Morgan fingerprint density at radius 2 is 1.73 bits per heavy atom. The number of alkyl halides is 3. The molecular formula is C46H54F3N5O11S. The minimum Gasteiger partial charge on any atom is -0.497 e. The highest BCUT2D eigenvalue weighted by atomic mass is 32.2. The summed E-state index contributed by atoms with van der Waals surface area (Å²) < 4.78 is 98.4. The maximum Gasteiger partial charge on any atom is 0.427 e. The Hall–Kier alpha value is -5.79. The number of amides is 4. The van der Waals surface area contributed by atoms with Crippen LogP contribution in [0.25, 0.3) is 22.0 Å². The summed E-state index contributed by atoms with van der Waals surface area (Å²) in [6.07, 6.45) is -1.52. The minimum absolute atomic E-state index is 0.0601. The van der Waals surface area contributed by atoms with E-state index in [1.807, 2.05) is 25.1 Å². The van der Waals surface area contributed by atoms with E-state index in [1.165, 1.54) is 12.0 Å². The van der Waals surface area contributed by atoms with Crippen LogP contribution in [-0.2, 0) is 29.1 Å². The van der Waals surface area contributed by atoms with Crippen LogP contribution in [0.3, 0.4) is 0 Å². The zero-order chi connectivity index (χ0) is 47.3. The molecule has 0 spiro atoms. The number of rotatable bonds is 9. The van der Waals surface area contributed by atoms with Crippen molar-refractivity contribution in [2.24, 2.45) is 17.8 Å². The third-order valence-corrected chi connectivity index (χ3v) is 14.9. The molecule has 4 amide bonds. The highest BCUT2D eigenvalue weighted by Crippen LogP contribution is 2.46. The summed E-state index contributed by atoms with van der Waals surface area (Å²) in [4.78, 5) is 63.1. The monoisotopic (exact) mass is 941 g/mol. The second-order valence-electron chi connectivity index (χ2n) is 18.5. The van der Waals surface area contributed by atoms with Gasteiger partial charge >= 0.3 is 12.3 Å². The lowest BCUT2D eigenvalue weighted by molar-refractivity contribution is -0.244. The normalized spacial score (nSPS) is 27.5. The van der Waals surface area contributed by atoms with E-state index >= 15 is 4.79 Å². The van der Waals surface area contributed by atoms with Gasteiger partial charge in [0.2, 0.25) is 33.3 Å². The van der Waals surface area contributed by atoms with Gasteiger partial charge in [-0.15, -0.1) is 0 Å². The quantitative estimate of drug-likeness (QED) is 0.213. The van der Waals surface area contributed by atoms with Crippen LogP contribution in [0.2, 0.25) is 0 Å². The number of allylic oxidation sites excluding steroid dienone is 1. The van der Waals surface area contributed by atoms with Crippen LogP contribution in [0, 0.1) is 17.8 Å². The van der Waals surface area contributed by atoms with Crippen molar-refractivity contribution in [3.63, 3.8) is 0 Å². The predicted octanol–water partition coefficient (Wildman–Crippen LogP) is 5.96. The molecule has 3 aliphatic heterocycles. The van der Waals surface area contributed by atoms with E-state index < -0.39 is 86.4 Å². The third-order valence-electron chi connectivity index (χ3n) is 13.0. The summed E-state index contributed by atoms with van der Waals surface area (Å²) in [5.41, 5.74) is -3.42. The Morgan fingerprint density at radius 3 is 2.44 bits per heavy atom. The van der Waals surface area contributed by atoms with Crippen molar-refractivity contribution in [3.8, 4) is 34.4 Å². The van der Waals surface area contributed by atoms with Crippen LogP contribution in [-0.4, -0.2) is 110 Å². The van der Waals surface area contributed by atoms with Gasteiger partial charge in [-0.3, -0.25) is 19.1 Å². The molecule has 5 aliphatic rings. The van der Waals surface area contributed by atoms with Gasteiger partial charge in [-0.1, -0.05) is 26.0 Å². The largest absolute Gasteiger partial charge is 0.497 e. The smallest absolute Gasteiger partial charge is 0.427 e. The van der Waals surface area contributed by atoms with Gasteiger partial charge in [-0.05, 0) is 112 Å². The van der Waals surface area contributed by atoms with Crippen LogP contribution in [0.15, 0.2) is 54.6 Å². The van der Waals surface area contributed by atoms with Crippen molar-refractivity contribution >= 4 is 44.6 Å². The summed E-state index contributed by atoms with van der Waals surface area (Å²) in [7, 11) is -2.48. The van der Waals surface area contributed by atoms with Crippen LogP contribution in [0.4, 0.5) is 18.0 Å². The number of halogens is 3. The standard InChI is InChI=1S/C46H54F3N5O11S/c1-25-8-6-7-9-29-23-45(29,42(57)53-66(59,60)32-12-13-32)52-39(55)35-22-31(24-54(35)41(56)38(26(2)18-25)51-43(58)65-44(3,4)46(47,48)49)64-40-33-14-11-30(61-5)19-28(33)20-34(50-40)27-10-15-36-37(21-27)63-17-16-62-36/h7,9-11,14-15,19-21,25-26,29,31-32,35,38H,6,8,12-13,16-18,22-24H2,1-5H3,(H,51,58)(H,52,55)(H,53,57)/b9-7-/t25-,26-,29?,31?,35+,38+,45-/m1/s1. The maximum atomic E-state index is 15.0. The van der Waals surface area contributed by atoms with E-state index in [9.17, 15) is 36.0 Å². The Balaban J connectivity index is 1.16. The fraction of sp³-hybridized carbons (Fsp3) is 0.543. The lowest BCUT2D eigenvalue weighted by Crippen LogP contribution is -2.59. The molecule has 3 N–H and O–H groups in total. The topological polar surface area (TPSA) is 201 Å². The van der Waals surface area contributed by atoms with Crippen molar-refractivity contribution in [2.75, 3.05) is 26.9 Å². The van der Waals surface area contributed by atoms with Gasteiger partial charge in [0, 0.05) is 23.3 Å². The van der Waals surface area contributed by atoms with E-state index in [4.69, 9.17) is 28.7 Å². The number of hydrogen-bond donors (Lipinski definition) is 3. The van der Waals surface area contributed by atoms with E-state index in [0.717, 1.165) is 0 Å². The summed E-state index contributed by atoms with van der Waals surface area (Å²) in [6, 6.07) is 9.66. The second-order valence-corrected chi connectivity index (χ2v) is 20.5. The van der Waals surface area contributed by atoms with Gasteiger partial charge in [0.15, 0.2) is 11.5 Å². The van der Waals surface area contributed by atoms with Gasteiger partial charge < -0.3 is 39.2 Å². The third kappa shape index (κ3) is 9.69. The van der Waals surface area contributed by atoms with Gasteiger partial charge in [-0.2, -0.15) is 13.2 Å². The van der Waals surface area contributed by atoms with Crippen molar-refractivity contribution in [1.29, 1.82) is 0 Å². The Morgan fingerprint density at radius 1 is 0.985 bits per heavy atom. The van der Waals surface area contributed by atoms with Crippen LogP contribution in [0.5, 0.6) is 23.1 Å². The van der Waals surface area contributed by atoms with Crippen molar-refractivity contribution in [3.05, 3.63) is 54.6 Å². The van der Waals surface area contributed by atoms with Crippen LogP contribution < -0.4 is 34.3 Å². The summed E-state index contributed by atoms with van der Waals surface area (Å²) in [5.74, 6) is -2.00. The first-order chi connectivity index (χ1) is 31.2. The number of aromatic nitrogens is 1. The number of carbonyl (C=O) groups excluding carboxylic acids is 4. The molecule has 0 radical (unpaired) electrons. The first-order valence-electron chi connectivity index (χ1n) is 22.1. The maximum absolute atomic E-state index is 15.0. The minimum atomic E-state index is -4.93. The van der Waals surface area contributed by atoms with Crippen LogP contribution >= 0.6 is 0 Å². The number of ether oxygens (including phenoxy) is 5. The van der Waals surface area contributed by atoms with E-state index in [0.29, 0.717) is 98.4 Å². The number of methoxy groups -OCH3 is 1. The van der Waals surface area contributed by atoms with Gasteiger partial charge in [0.25, 0.3) is 5.91 Å². The summed E-state index contributed by atoms with van der Waals surface area (Å²) in [5, 5.41) is 5.74. The zero-order valence-electron chi connectivity index (χ0n) is 37.2. The second kappa shape index (κ2) is 17.8. The number of fused-ring (bicyclic) bond motifs is 4. The van der Waals surface area contributed by atoms with Crippen molar-refractivity contribution in [1.82, 2.24) is 25.2 Å². The Kier molecular flexibility index (Phi) is 12.6. The highest BCUT2D eigenvalue weighted by molar-refractivity contribution is 7.91. The lowest BCUT2D eigenvalue weighted by atomic mass is 9.88. The molecule has 7 atom stereocenters. The molecule has 16 nitrogen and oxygen atoms in total. The first-order valence-corrected chi connectivity index (χ1v) is 23.7. The van der Waals surface area contributed by atoms with Crippen LogP contribution in [0.1, 0.15) is 72.6 Å². The van der Waals surface area contributed by atoms with Gasteiger partial charge in [-0.25, -0.2) is 18.2 Å². The van der Waals surface area contributed by atoms with E-state index in [-0.39, 0.29) is 31.2 Å². The Labute approximate surface area is 380 Å². The number of hydrogen-bond acceptors (Lipinski definition) is 12. The number of nitrogens with zero attached hydrogens (tertiary/aromatic N) is 2. The lowest BCUT2D eigenvalue weighted by Gasteiger charge is -2.34. The number of benzene rings is 2. The summed E-state index contributed by atoms with van der Waals surface area (Å²) >= 11 is 0. The molecule has 66 heavy (non-hydrogen) atoms. The molecular weight excluding hydrogens is 888 g/mol. The molecule has 1 aromatic heterocycles. The molecule has 20 heteroatoms. The highest BCUT2D eigenvalue weighted by Gasteiger charge is 2.62. The molecule has 3 aromatic rings. The fourth-order valence-corrected chi connectivity index (χ4v) is 10.2.